The number of hydrogen-bond donors (Lipinski definition) is 1. The summed E-state index contributed by atoms with van der Waals surface area (Å²) in [6.07, 6.45) is 1.37. The first kappa shape index (κ1) is 8.83. The SMILES string of the molecule is NCc1cnc2cccc(F)n2c1=O. The molecule has 2 N–H and O–H groups in total. The summed E-state index contributed by atoms with van der Waals surface area (Å²) >= 11 is 0. The molecule has 0 aliphatic rings. The fraction of sp³-hybridized carbons (Fsp3) is 0.111. The minimum absolute atomic E-state index is 0.0586. The molecular weight excluding hydrogens is 185 g/mol. The highest BCUT2D eigenvalue weighted by atomic mass is 19.1. The Morgan fingerprint density at radius 2 is 2.29 bits per heavy atom. The molecule has 0 aliphatic carbocycles. The van der Waals surface area contributed by atoms with Crippen molar-refractivity contribution in [3.63, 3.8) is 0 Å². The van der Waals surface area contributed by atoms with Crippen molar-refractivity contribution in [1.82, 2.24) is 9.38 Å². The summed E-state index contributed by atoms with van der Waals surface area (Å²) in [5.41, 5.74) is 5.45. The molecule has 0 bridgehead atoms. The highest BCUT2D eigenvalue weighted by Crippen LogP contribution is 2.01. The normalized spacial score (nSPS) is 10.7. The van der Waals surface area contributed by atoms with Crippen molar-refractivity contribution < 1.29 is 4.39 Å². The average Bonchev–Trinajstić information content (AvgIpc) is 2.18. The number of nitrogens with zero attached hydrogens (tertiary/aromatic N) is 2. The van der Waals surface area contributed by atoms with Crippen molar-refractivity contribution in [1.29, 1.82) is 0 Å². The Morgan fingerprint density at radius 3 is 3.00 bits per heavy atom. The molecule has 14 heavy (non-hydrogen) atoms. The van der Waals surface area contributed by atoms with Gasteiger partial charge in [-0.15, -0.1) is 0 Å². The van der Waals surface area contributed by atoms with Crippen LogP contribution in [0.1, 0.15) is 5.56 Å². The van der Waals surface area contributed by atoms with Crippen LogP contribution in [0.15, 0.2) is 29.2 Å². The second-order valence-corrected chi connectivity index (χ2v) is 2.83. The maximum Gasteiger partial charge on any atom is 0.264 e. The van der Waals surface area contributed by atoms with Crippen LogP contribution in [-0.4, -0.2) is 9.38 Å². The van der Waals surface area contributed by atoms with Gasteiger partial charge in [0.2, 0.25) is 5.95 Å². The van der Waals surface area contributed by atoms with Gasteiger partial charge in [-0.3, -0.25) is 4.79 Å². The third-order valence-electron chi connectivity index (χ3n) is 1.97. The van der Waals surface area contributed by atoms with E-state index in [1.807, 2.05) is 0 Å². The van der Waals surface area contributed by atoms with Gasteiger partial charge < -0.3 is 5.73 Å². The molecule has 5 heteroatoms. The molecule has 0 aromatic carbocycles. The van der Waals surface area contributed by atoms with E-state index < -0.39 is 11.5 Å². The largest absolute Gasteiger partial charge is 0.326 e. The molecule has 0 aliphatic heterocycles. The van der Waals surface area contributed by atoms with Gasteiger partial charge in [0.05, 0.1) is 0 Å². The molecule has 2 aromatic heterocycles. The van der Waals surface area contributed by atoms with E-state index in [1.165, 1.54) is 18.3 Å². The van der Waals surface area contributed by atoms with E-state index in [0.29, 0.717) is 5.56 Å². The van der Waals surface area contributed by atoms with Gasteiger partial charge in [-0.1, -0.05) is 6.07 Å². The molecule has 0 unspecified atom stereocenters. The van der Waals surface area contributed by atoms with Crippen LogP contribution in [0.5, 0.6) is 0 Å². The Morgan fingerprint density at radius 1 is 1.50 bits per heavy atom. The highest BCUT2D eigenvalue weighted by molar-refractivity contribution is 5.38. The molecule has 0 spiro atoms. The van der Waals surface area contributed by atoms with E-state index in [-0.39, 0.29) is 12.2 Å². The molecule has 72 valence electrons. The van der Waals surface area contributed by atoms with Crippen LogP contribution in [0.4, 0.5) is 4.39 Å². The van der Waals surface area contributed by atoms with Gasteiger partial charge in [0.25, 0.3) is 5.56 Å². The number of aromatic nitrogens is 2. The van der Waals surface area contributed by atoms with Crippen LogP contribution in [0.3, 0.4) is 0 Å². The molecule has 2 aromatic rings. The Hall–Kier alpha value is -1.75. The molecule has 0 fully saturated rings. The third-order valence-corrected chi connectivity index (χ3v) is 1.97. The molecule has 2 heterocycles. The Kier molecular flexibility index (Phi) is 2.01. The second-order valence-electron chi connectivity index (χ2n) is 2.83. The van der Waals surface area contributed by atoms with Crippen LogP contribution >= 0.6 is 0 Å². The highest BCUT2D eigenvalue weighted by Gasteiger charge is 2.05. The minimum atomic E-state index is -0.629. The van der Waals surface area contributed by atoms with E-state index in [2.05, 4.69) is 4.98 Å². The first-order chi connectivity index (χ1) is 6.74. The number of halogens is 1. The summed E-state index contributed by atoms with van der Waals surface area (Å²) in [5, 5.41) is 0. The number of hydrogen-bond acceptors (Lipinski definition) is 3. The fourth-order valence-corrected chi connectivity index (χ4v) is 1.26. The van der Waals surface area contributed by atoms with Crippen molar-refractivity contribution >= 4 is 5.65 Å². The van der Waals surface area contributed by atoms with Gasteiger partial charge in [0.1, 0.15) is 5.65 Å². The van der Waals surface area contributed by atoms with Crippen molar-refractivity contribution in [3.05, 3.63) is 46.3 Å². The molecular formula is C9H8FN3O. The first-order valence-electron chi connectivity index (χ1n) is 4.09. The Bertz CT molecular complexity index is 535. The van der Waals surface area contributed by atoms with Crippen molar-refractivity contribution in [2.75, 3.05) is 0 Å². The summed E-state index contributed by atoms with van der Waals surface area (Å²) in [5.74, 6) is -0.629. The lowest BCUT2D eigenvalue weighted by Crippen LogP contribution is -2.23. The standard InChI is InChI=1S/C9H8FN3O/c10-7-2-1-3-8-12-5-6(4-11)9(14)13(7)8/h1-3,5H,4,11H2. The topological polar surface area (TPSA) is 60.4 Å². The molecule has 0 atom stereocenters. The Labute approximate surface area is 78.8 Å². The zero-order valence-corrected chi connectivity index (χ0v) is 7.27. The zero-order chi connectivity index (χ0) is 10.1. The van der Waals surface area contributed by atoms with E-state index in [1.54, 1.807) is 6.07 Å². The second kappa shape index (κ2) is 3.19. The van der Waals surface area contributed by atoms with Crippen LogP contribution in [0.25, 0.3) is 5.65 Å². The van der Waals surface area contributed by atoms with Gasteiger partial charge in [0.15, 0.2) is 0 Å². The summed E-state index contributed by atoms with van der Waals surface area (Å²) in [4.78, 5) is 15.5. The average molecular weight is 193 g/mol. The number of nitrogens with two attached hydrogens (primary N) is 1. The molecule has 2 rings (SSSR count). The maximum atomic E-state index is 13.2. The minimum Gasteiger partial charge on any atom is -0.326 e. The van der Waals surface area contributed by atoms with E-state index in [4.69, 9.17) is 5.73 Å². The number of fused-ring (bicyclic) bond motifs is 1. The maximum absolute atomic E-state index is 13.2. The predicted molar refractivity (Wildman–Crippen MR) is 49.3 cm³/mol. The van der Waals surface area contributed by atoms with Crippen LogP contribution < -0.4 is 11.3 Å². The van der Waals surface area contributed by atoms with E-state index >= 15 is 0 Å². The summed E-state index contributed by atoms with van der Waals surface area (Å²) < 4.78 is 14.2. The fourth-order valence-electron chi connectivity index (χ4n) is 1.26. The van der Waals surface area contributed by atoms with Gasteiger partial charge in [-0.2, -0.15) is 4.39 Å². The summed E-state index contributed by atoms with van der Waals surface area (Å²) in [7, 11) is 0. The van der Waals surface area contributed by atoms with Gasteiger partial charge in [-0.05, 0) is 12.1 Å². The lowest BCUT2D eigenvalue weighted by atomic mass is 10.3. The smallest absolute Gasteiger partial charge is 0.264 e. The monoisotopic (exact) mass is 193 g/mol. The van der Waals surface area contributed by atoms with Crippen LogP contribution in [-0.2, 0) is 6.54 Å². The predicted octanol–water partition coefficient (Wildman–Crippen LogP) is 0.292. The lowest BCUT2D eigenvalue weighted by molar-refractivity contribution is 0.557. The zero-order valence-electron chi connectivity index (χ0n) is 7.27. The van der Waals surface area contributed by atoms with Gasteiger partial charge in [-0.25, -0.2) is 9.38 Å². The van der Waals surface area contributed by atoms with E-state index in [0.717, 1.165) is 4.40 Å². The quantitative estimate of drug-likeness (QED) is 0.662. The van der Waals surface area contributed by atoms with Crippen molar-refractivity contribution in [3.8, 4) is 0 Å². The molecule has 0 radical (unpaired) electrons. The Balaban J connectivity index is 2.94. The van der Waals surface area contributed by atoms with Crippen molar-refractivity contribution in [2.45, 2.75) is 6.54 Å². The molecule has 0 saturated heterocycles. The molecule has 0 amide bonds. The third kappa shape index (κ3) is 1.18. The number of pyridine rings is 1. The summed E-state index contributed by atoms with van der Waals surface area (Å²) in [6.45, 7) is 0.0586. The molecule has 0 saturated carbocycles. The van der Waals surface area contributed by atoms with Crippen LogP contribution in [0, 0.1) is 5.95 Å². The summed E-state index contributed by atoms with van der Waals surface area (Å²) in [6, 6.07) is 4.26. The van der Waals surface area contributed by atoms with E-state index in [9.17, 15) is 9.18 Å². The van der Waals surface area contributed by atoms with Crippen LogP contribution in [0.2, 0.25) is 0 Å². The van der Waals surface area contributed by atoms with Crippen molar-refractivity contribution in [2.24, 2.45) is 5.73 Å². The van der Waals surface area contributed by atoms with Gasteiger partial charge in [0, 0.05) is 18.3 Å². The molecule has 4 nitrogen and oxygen atoms in total. The lowest BCUT2D eigenvalue weighted by Gasteiger charge is -2.02. The van der Waals surface area contributed by atoms with Gasteiger partial charge >= 0.3 is 0 Å². The number of rotatable bonds is 1. The first-order valence-corrected chi connectivity index (χ1v) is 4.09.